The molecule has 18 heavy (non-hydrogen) atoms. The van der Waals surface area contributed by atoms with E-state index in [2.05, 4.69) is 36.1 Å². The smallest absolute Gasteiger partial charge is 0.0459 e. The third kappa shape index (κ3) is 2.19. The van der Waals surface area contributed by atoms with E-state index in [-0.39, 0.29) is 6.04 Å². The van der Waals surface area contributed by atoms with Crippen LogP contribution in [0.1, 0.15) is 43.4 Å². The summed E-state index contributed by atoms with van der Waals surface area (Å²) in [6.45, 7) is 4.84. The van der Waals surface area contributed by atoms with Gasteiger partial charge in [-0.1, -0.05) is 31.2 Å². The summed E-state index contributed by atoms with van der Waals surface area (Å²) in [5.74, 6) is 0.884. The fraction of sp³-hybridized carbons (Fsp3) is 0.625. The number of fused-ring (bicyclic) bond motifs is 1. The minimum Gasteiger partial charge on any atom is -0.323 e. The van der Waals surface area contributed by atoms with Gasteiger partial charge in [0.05, 0.1) is 0 Å². The van der Waals surface area contributed by atoms with Gasteiger partial charge in [-0.25, -0.2) is 0 Å². The molecule has 0 bridgehead atoms. The number of nitrogens with zero attached hydrogens (tertiary/aromatic N) is 1. The van der Waals surface area contributed by atoms with Gasteiger partial charge in [0, 0.05) is 12.1 Å². The highest BCUT2D eigenvalue weighted by molar-refractivity contribution is 5.36. The minimum atomic E-state index is 0.217. The van der Waals surface area contributed by atoms with E-state index >= 15 is 0 Å². The number of hydrogen-bond donors (Lipinski definition) is 1. The van der Waals surface area contributed by atoms with Gasteiger partial charge in [-0.15, -0.1) is 0 Å². The average molecular weight is 244 g/mol. The highest BCUT2D eigenvalue weighted by Crippen LogP contribution is 2.34. The molecular formula is C16H24N2. The van der Waals surface area contributed by atoms with Gasteiger partial charge < -0.3 is 5.73 Å². The van der Waals surface area contributed by atoms with Crippen molar-refractivity contribution in [2.45, 2.75) is 44.7 Å². The Hall–Kier alpha value is -0.860. The largest absolute Gasteiger partial charge is 0.323 e. The van der Waals surface area contributed by atoms with Gasteiger partial charge in [0.2, 0.25) is 0 Å². The van der Waals surface area contributed by atoms with Crippen LogP contribution in [0, 0.1) is 5.92 Å². The van der Waals surface area contributed by atoms with Crippen LogP contribution in [0.15, 0.2) is 24.3 Å². The summed E-state index contributed by atoms with van der Waals surface area (Å²) in [6.07, 6.45) is 5.19. The van der Waals surface area contributed by atoms with E-state index in [9.17, 15) is 0 Å². The summed E-state index contributed by atoms with van der Waals surface area (Å²) in [5, 5.41) is 0. The van der Waals surface area contributed by atoms with Gasteiger partial charge >= 0.3 is 0 Å². The minimum absolute atomic E-state index is 0.217. The van der Waals surface area contributed by atoms with E-state index in [0.29, 0.717) is 6.04 Å². The van der Waals surface area contributed by atoms with Crippen molar-refractivity contribution in [2.24, 2.45) is 11.7 Å². The molecule has 2 aliphatic rings. The van der Waals surface area contributed by atoms with Crippen LogP contribution in [0.25, 0.3) is 0 Å². The van der Waals surface area contributed by atoms with Crippen molar-refractivity contribution in [3.05, 3.63) is 35.4 Å². The Morgan fingerprint density at radius 2 is 2.00 bits per heavy atom. The number of benzene rings is 1. The quantitative estimate of drug-likeness (QED) is 0.823. The SMILES string of the molecule is CC1CCCN(C2Cc3ccccc3C2N)CC1. The van der Waals surface area contributed by atoms with Crippen LogP contribution in [-0.4, -0.2) is 24.0 Å². The molecule has 0 saturated carbocycles. The highest BCUT2D eigenvalue weighted by atomic mass is 15.2. The molecule has 3 rings (SSSR count). The molecule has 98 valence electrons. The fourth-order valence-electron chi connectivity index (χ4n) is 3.58. The lowest BCUT2D eigenvalue weighted by atomic mass is 10.0. The van der Waals surface area contributed by atoms with E-state index in [4.69, 9.17) is 5.73 Å². The van der Waals surface area contributed by atoms with Crippen molar-refractivity contribution in [3.8, 4) is 0 Å². The van der Waals surface area contributed by atoms with Gasteiger partial charge in [0.1, 0.15) is 0 Å². The summed E-state index contributed by atoms with van der Waals surface area (Å²) >= 11 is 0. The standard InChI is InChI=1S/C16H24N2/c1-12-5-4-9-18(10-8-12)15-11-13-6-2-3-7-14(13)16(15)17/h2-3,6-7,12,15-16H,4-5,8-11,17H2,1H3. The van der Waals surface area contributed by atoms with Gasteiger partial charge in [-0.3, -0.25) is 4.90 Å². The van der Waals surface area contributed by atoms with Crippen molar-refractivity contribution in [2.75, 3.05) is 13.1 Å². The molecule has 2 N–H and O–H groups in total. The molecule has 1 aromatic rings. The molecule has 1 aliphatic heterocycles. The molecular weight excluding hydrogens is 220 g/mol. The van der Waals surface area contributed by atoms with Gasteiger partial charge in [0.25, 0.3) is 0 Å². The predicted molar refractivity (Wildman–Crippen MR) is 75.5 cm³/mol. The normalized spacial score (nSPS) is 33.1. The van der Waals surface area contributed by atoms with Crippen LogP contribution in [-0.2, 0) is 6.42 Å². The highest BCUT2D eigenvalue weighted by Gasteiger charge is 2.34. The van der Waals surface area contributed by atoms with Gasteiger partial charge in [0.15, 0.2) is 0 Å². The first kappa shape index (κ1) is 12.2. The molecule has 0 aromatic heterocycles. The van der Waals surface area contributed by atoms with E-state index in [0.717, 1.165) is 12.3 Å². The Labute approximate surface area is 110 Å². The number of likely N-dealkylation sites (tertiary alicyclic amines) is 1. The first-order valence-corrected chi connectivity index (χ1v) is 7.33. The Morgan fingerprint density at radius 1 is 1.17 bits per heavy atom. The number of nitrogens with two attached hydrogens (primary N) is 1. The molecule has 2 nitrogen and oxygen atoms in total. The second-order valence-electron chi connectivity index (χ2n) is 6.07. The van der Waals surface area contributed by atoms with Gasteiger partial charge in [-0.05, 0) is 55.8 Å². The van der Waals surface area contributed by atoms with Crippen LogP contribution < -0.4 is 5.73 Å². The zero-order chi connectivity index (χ0) is 12.5. The molecule has 3 atom stereocenters. The zero-order valence-electron chi connectivity index (χ0n) is 11.3. The molecule has 2 heteroatoms. The van der Waals surface area contributed by atoms with Gasteiger partial charge in [-0.2, -0.15) is 0 Å². The first-order chi connectivity index (χ1) is 8.75. The number of rotatable bonds is 1. The summed E-state index contributed by atoms with van der Waals surface area (Å²) in [7, 11) is 0. The van der Waals surface area contributed by atoms with E-state index in [1.807, 2.05) is 0 Å². The molecule has 1 heterocycles. The molecule has 0 amide bonds. The molecule has 1 saturated heterocycles. The summed E-state index contributed by atoms with van der Waals surface area (Å²) in [5.41, 5.74) is 9.31. The predicted octanol–water partition coefficient (Wildman–Crippen LogP) is 2.73. The van der Waals surface area contributed by atoms with Crippen LogP contribution in [0.3, 0.4) is 0 Å². The monoisotopic (exact) mass is 244 g/mol. The van der Waals surface area contributed by atoms with Crippen LogP contribution in [0.5, 0.6) is 0 Å². The van der Waals surface area contributed by atoms with Crippen molar-refractivity contribution in [1.29, 1.82) is 0 Å². The maximum atomic E-state index is 6.47. The van der Waals surface area contributed by atoms with Crippen LogP contribution in [0.4, 0.5) is 0 Å². The maximum Gasteiger partial charge on any atom is 0.0459 e. The molecule has 3 unspecified atom stereocenters. The molecule has 0 spiro atoms. The molecule has 0 radical (unpaired) electrons. The summed E-state index contributed by atoms with van der Waals surface area (Å²) < 4.78 is 0. The van der Waals surface area contributed by atoms with Crippen LogP contribution in [0.2, 0.25) is 0 Å². The topological polar surface area (TPSA) is 29.3 Å². The van der Waals surface area contributed by atoms with Crippen LogP contribution >= 0.6 is 0 Å². The van der Waals surface area contributed by atoms with E-state index < -0.39 is 0 Å². The Kier molecular flexibility index (Phi) is 3.40. The lowest BCUT2D eigenvalue weighted by Gasteiger charge is -2.30. The molecule has 1 aromatic carbocycles. The van der Waals surface area contributed by atoms with Crippen molar-refractivity contribution in [1.82, 2.24) is 4.90 Å². The first-order valence-electron chi connectivity index (χ1n) is 7.33. The third-order valence-corrected chi connectivity index (χ3v) is 4.78. The Balaban J connectivity index is 1.75. The fourth-order valence-corrected chi connectivity index (χ4v) is 3.58. The van der Waals surface area contributed by atoms with E-state index in [1.165, 1.54) is 43.5 Å². The van der Waals surface area contributed by atoms with E-state index in [1.54, 1.807) is 0 Å². The summed E-state index contributed by atoms with van der Waals surface area (Å²) in [4.78, 5) is 2.65. The molecule has 1 fully saturated rings. The van der Waals surface area contributed by atoms with Crippen molar-refractivity contribution >= 4 is 0 Å². The second-order valence-corrected chi connectivity index (χ2v) is 6.07. The second kappa shape index (κ2) is 5.02. The Bertz CT molecular complexity index is 415. The maximum absolute atomic E-state index is 6.47. The molecule has 1 aliphatic carbocycles. The van der Waals surface area contributed by atoms with Crippen molar-refractivity contribution in [3.63, 3.8) is 0 Å². The zero-order valence-corrected chi connectivity index (χ0v) is 11.3. The average Bonchev–Trinajstić information content (AvgIpc) is 2.57. The van der Waals surface area contributed by atoms with Crippen molar-refractivity contribution < 1.29 is 0 Å². The lowest BCUT2D eigenvalue weighted by molar-refractivity contribution is 0.185. The summed E-state index contributed by atoms with van der Waals surface area (Å²) in [6, 6.07) is 9.46. The lowest BCUT2D eigenvalue weighted by Crippen LogP contribution is -2.41. The third-order valence-electron chi connectivity index (χ3n) is 4.78. The Morgan fingerprint density at radius 3 is 2.83 bits per heavy atom. The number of hydrogen-bond acceptors (Lipinski definition) is 2.